The van der Waals surface area contributed by atoms with Crippen molar-refractivity contribution in [3.05, 3.63) is 85.7 Å². The smallest absolute Gasteiger partial charge is 0.337 e. The zero-order valence-electron chi connectivity index (χ0n) is 17.2. The van der Waals surface area contributed by atoms with E-state index in [-0.39, 0.29) is 18.3 Å². The molecule has 0 saturated heterocycles. The fourth-order valence-corrected chi connectivity index (χ4v) is 5.12. The Morgan fingerprint density at radius 2 is 2.12 bits per heavy atom. The quantitative estimate of drug-likeness (QED) is 0.355. The zero-order valence-corrected chi connectivity index (χ0v) is 20.4. The molecule has 2 heterocycles. The van der Waals surface area contributed by atoms with E-state index in [0.717, 1.165) is 9.35 Å². The lowest BCUT2D eigenvalue weighted by atomic mass is 9.87. The summed E-state index contributed by atoms with van der Waals surface area (Å²) < 4.78 is 6.19. The average molecular weight is 530 g/mol. The molecule has 0 spiro atoms. The first-order valence-electron chi connectivity index (χ1n) is 9.56. The van der Waals surface area contributed by atoms with Gasteiger partial charge in [0.05, 0.1) is 33.9 Å². The molecule has 0 aliphatic carbocycles. The molecule has 164 valence electrons. The van der Waals surface area contributed by atoms with Crippen LogP contribution in [-0.4, -0.2) is 24.2 Å². The summed E-state index contributed by atoms with van der Waals surface area (Å²) in [5, 5.41) is 18.4. The summed E-state index contributed by atoms with van der Waals surface area (Å²) in [6.07, 6.45) is 1.50. The van der Waals surface area contributed by atoms with Crippen molar-refractivity contribution < 1.29 is 14.3 Å². The van der Waals surface area contributed by atoms with E-state index in [9.17, 15) is 14.9 Å². The number of carbonyl (C=O) groups excluding carboxylic acids is 2. The van der Waals surface area contributed by atoms with Gasteiger partial charge in [-0.1, -0.05) is 46.4 Å². The average Bonchev–Trinajstić information content (AvgIpc) is 3.31. The van der Waals surface area contributed by atoms with Crippen LogP contribution in [0.15, 0.2) is 80.8 Å². The number of ether oxygens (including phenoxy) is 1. The maximum atomic E-state index is 12.8. The molecule has 2 aromatic rings. The maximum Gasteiger partial charge on any atom is 0.337 e. The Balaban J connectivity index is 1.83. The van der Waals surface area contributed by atoms with Crippen LogP contribution < -0.4 is 10.6 Å². The number of amides is 1. The molecule has 0 bridgehead atoms. The van der Waals surface area contributed by atoms with Gasteiger partial charge in [0.1, 0.15) is 6.61 Å². The molecule has 0 unspecified atom stereocenters. The van der Waals surface area contributed by atoms with Crippen molar-refractivity contribution in [2.75, 3.05) is 17.7 Å². The highest BCUT2D eigenvalue weighted by Gasteiger charge is 2.36. The van der Waals surface area contributed by atoms with Crippen LogP contribution in [0, 0.1) is 11.3 Å². The third-order valence-corrected chi connectivity index (χ3v) is 6.99. The largest absolute Gasteiger partial charge is 0.458 e. The highest BCUT2D eigenvalue weighted by Crippen LogP contribution is 2.42. The van der Waals surface area contributed by atoms with Crippen LogP contribution >= 0.6 is 39.0 Å². The van der Waals surface area contributed by atoms with Crippen molar-refractivity contribution in [2.24, 2.45) is 0 Å². The summed E-state index contributed by atoms with van der Waals surface area (Å²) in [6.45, 7) is 5.42. The number of thiophene rings is 1. The Kier molecular flexibility index (Phi) is 8.33. The van der Waals surface area contributed by atoms with Gasteiger partial charge >= 0.3 is 5.97 Å². The normalized spacial score (nSPS) is 15.6. The molecule has 1 aliphatic rings. The number of hydrogen-bond acceptors (Lipinski definition) is 7. The predicted molar refractivity (Wildman–Crippen MR) is 132 cm³/mol. The van der Waals surface area contributed by atoms with Gasteiger partial charge in [0.25, 0.3) is 0 Å². The molecule has 0 saturated carbocycles. The molecule has 0 fully saturated rings. The van der Waals surface area contributed by atoms with Crippen molar-refractivity contribution >= 4 is 56.6 Å². The summed E-state index contributed by atoms with van der Waals surface area (Å²) in [5.74, 6) is -1.16. The fourth-order valence-electron chi connectivity index (χ4n) is 3.12. The maximum absolute atomic E-state index is 12.8. The van der Waals surface area contributed by atoms with Gasteiger partial charge < -0.3 is 15.4 Å². The number of dihydropyridines is 1. The molecule has 2 N–H and O–H groups in total. The summed E-state index contributed by atoms with van der Waals surface area (Å²) in [5.41, 5.74) is 2.04. The molecule has 1 aromatic heterocycles. The molecule has 1 atom stereocenters. The Bertz CT molecular complexity index is 1120. The monoisotopic (exact) mass is 529 g/mol. The summed E-state index contributed by atoms with van der Waals surface area (Å²) in [7, 11) is 0. The molecule has 1 aromatic carbocycles. The van der Waals surface area contributed by atoms with Crippen molar-refractivity contribution in [3.63, 3.8) is 0 Å². The highest BCUT2D eigenvalue weighted by molar-refractivity contribution is 9.10. The first kappa shape index (κ1) is 23.9. The van der Waals surface area contributed by atoms with E-state index in [1.807, 2.05) is 29.6 Å². The Morgan fingerprint density at radius 3 is 2.75 bits per heavy atom. The van der Waals surface area contributed by atoms with Crippen LogP contribution in [0.3, 0.4) is 0 Å². The summed E-state index contributed by atoms with van der Waals surface area (Å²) in [6, 6.07) is 13.3. The van der Waals surface area contributed by atoms with Crippen LogP contribution in [0.4, 0.5) is 5.69 Å². The SMILES string of the molecule is C=CCOC(=O)C1=C(C)NC(SCC(=O)Nc2ccc(Br)cc2)=C(C#N)[C@H]1c1cccs1. The second-order valence-electron chi connectivity index (χ2n) is 6.70. The third kappa shape index (κ3) is 5.71. The number of nitrogens with one attached hydrogen (secondary N) is 2. The predicted octanol–water partition coefficient (Wildman–Crippen LogP) is 5.31. The molecule has 0 radical (unpaired) electrons. The van der Waals surface area contributed by atoms with Crippen molar-refractivity contribution in [2.45, 2.75) is 12.8 Å². The molecule has 32 heavy (non-hydrogen) atoms. The van der Waals surface area contributed by atoms with Gasteiger partial charge in [-0.25, -0.2) is 4.79 Å². The van der Waals surface area contributed by atoms with Crippen LogP contribution in [0.25, 0.3) is 0 Å². The Hall–Kier alpha value is -2.80. The molecular weight excluding hydrogens is 510 g/mol. The lowest BCUT2D eigenvalue weighted by Gasteiger charge is -2.28. The number of nitriles is 1. The number of nitrogens with zero attached hydrogens (tertiary/aromatic N) is 1. The van der Waals surface area contributed by atoms with Gasteiger partial charge in [-0.3, -0.25) is 4.79 Å². The lowest BCUT2D eigenvalue weighted by molar-refractivity contribution is -0.138. The van der Waals surface area contributed by atoms with Gasteiger partial charge in [-0.15, -0.1) is 11.3 Å². The van der Waals surface area contributed by atoms with Crippen LogP contribution in [0.2, 0.25) is 0 Å². The van der Waals surface area contributed by atoms with Gasteiger partial charge in [0.15, 0.2) is 0 Å². The number of rotatable bonds is 8. The molecular formula is C23H20BrN3O3S2. The second-order valence-corrected chi connectivity index (χ2v) is 9.58. The number of halogens is 1. The van der Waals surface area contributed by atoms with E-state index < -0.39 is 11.9 Å². The van der Waals surface area contributed by atoms with E-state index in [0.29, 0.717) is 27.6 Å². The van der Waals surface area contributed by atoms with Gasteiger partial charge in [0, 0.05) is 20.7 Å². The topological polar surface area (TPSA) is 91.2 Å². The Labute approximate surface area is 203 Å². The first-order chi connectivity index (χ1) is 15.4. The second kappa shape index (κ2) is 11.2. The molecule has 1 amide bonds. The number of allylic oxidation sites excluding steroid dienone is 2. The number of benzene rings is 1. The summed E-state index contributed by atoms with van der Waals surface area (Å²) in [4.78, 5) is 26.1. The highest BCUT2D eigenvalue weighted by atomic mass is 79.9. The van der Waals surface area contributed by atoms with Crippen molar-refractivity contribution in [1.82, 2.24) is 5.32 Å². The number of anilines is 1. The minimum absolute atomic E-state index is 0.0796. The third-order valence-electron chi connectivity index (χ3n) is 4.50. The Morgan fingerprint density at radius 1 is 1.38 bits per heavy atom. The van der Waals surface area contributed by atoms with Gasteiger partial charge in [-0.05, 0) is 42.6 Å². The van der Waals surface area contributed by atoms with E-state index in [4.69, 9.17) is 4.74 Å². The van der Waals surface area contributed by atoms with Crippen molar-refractivity contribution in [1.29, 1.82) is 5.26 Å². The molecule has 6 nitrogen and oxygen atoms in total. The first-order valence-corrected chi connectivity index (χ1v) is 12.2. The standard InChI is InChI=1S/C23H20BrN3O3S2/c1-3-10-30-23(29)20-14(2)26-22(17(12-25)21(20)18-5-4-11-31-18)32-13-19(28)27-16-8-6-15(24)7-9-16/h3-9,11,21,26H,1,10,13H2,2H3,(H,27,28)/t21-/m0/s1. The summed E-state index contributed by atoms with van der Waals surface area (Å²) >= 11 is 6.04. The number of hydrogen-bond donors (Lipinski definition) is 2. The van der Waals surface area contributed by atoms with Gasteiger partial charge in [0.2, 0.25) is 5.91 Å². The van der Waals surface area contributed by atoms with Crippen LogP contribution in [0.5, 0.6) is 0 Å². The number of thioether (sulfide) groups is 1. The van der Waals surface area contributed by atoms with E-state index in [1.54, 1.807) is 19.1 Å². The van der Waals surface area contributed by atoms with Crippen molar-refractivity contribution in [3.8, 4) is 6.07 Å². The minimum atomic E-state index is -0.560. The number of esters is 1. The van der Waals surface area contributed by atoms with E-state index in [1.165, 1.54) is 29.2 Å². The van der Waals surface area contributed by atoms with Crippen LogP contribution in [-0.2, 0) is 14.3 Å². The van der Waals surface area contributed by atoms with E-state index >= 15 is 0 Å². The minimum Gasteiger partial charge on any atom is -0.458 e. The zero-order chi connectivity index (χ0) is 23.1. The van der Waals surface area contributed by atoms with Crippen LogP contribution in [0.1, 0.15) is 17.7 Å². The van der Waals surface area contributed by atoms with E-state index in [2.05, 4.69) is 39.2 Å². The molecule has 9 heteroatoms. The van der Waals surface area contributed by atoms with Gasteiger partial charge in [-0.2, -0.15) is 5.26 Å². The lowest BCUT2D eigenvalue weighted by Crippen LogP contribution is -2.29. The fraction of sp³-hybridized carbons (Fsp3) is 0.174. The molecule has 1 aliphatic heterocycles. The number of carbonyl (C=O) groups is 2. The molecule has 3 rings (SSSR count).